The zero-order valence-corrected chi connectivity index (χ0v) is 16.9. The lowest BCUT2D eigenvalue weighted by Crippen LogP contribution is -2.48. The topological polar surface area (TPSA) is 32.8 Å². The average molecular weight is 407 g/mol. The van der Waals surface area contributed by atoms with Crippen molar-refractivity contribution < 1.29 is 9.53 Å². The maximum absolute atomic E-state index is 12.9. The Balaban J connectivity index is 1.32. The number of benzene rings is 3. The molecule has 1 amide bonds. The molecular formula is C24H23ClN2O2. The molecule has 1 aliphatic heterocycles. The first-order valence-electron chi connectivity index (χ1n) is 9.76. The van der Waals surface area contributed by atoms with E-state index in [1.54, 1.807) is 0 Å². The fourth-order valence-electron chi connectivity index (χ4n) is 3.47. The normalized spacial score (nSPS) is 14.0. The van der Waals surface area contributed by atoms with E-state index >= 15 is 0 Å². The van der Waals surface area contributed by atoms with Gasteiger partial charge in [0, 0.05) is 31.7 Å². The minimum Gasteiger partial charge on any atom is -0.489 e. The van der Waals surface area contributed by atoms with Crippen LogP contribution in [0.1, 0.15) is 15.9 Å². The molecule has 5 heteroatoms. The van der Waals surface area contributed by atoms with Gasteiger partial charge in [-0.1, -0.05) is 54.1 Å². The summed E-state index contributed by atoms with van der Waals surface area (Å²) < 4.78 is 5.76. The molecule has 1 fully saturated rings. The number of anilines is 1. The first-order chi connectivity index (χ1) is 14.2. The van der Waals surface area contributed by atoms with E-state index in [1.165, 1.54) is 0 Å². The molecule has 0 aromatic heterocycles. The standard InChI is InChI=1S/C24H23ClN2O2/c25-22-8-4-5-9-23(22)26-14-16-27(17-15-26)24(28)20-12-10-19(11-13-20)18-29-21-6-2-1-3-7-21/h1-13H,14-18H2. The quantitative estimate of drug-likeness (QED) is 0.605. The number of hydrogen-bond donors (Lipinski definition) is 0. The number of halogens is 1. The van der Waals surface area contributed by atoms with Crippen molar-refractivity contribution in [2.45, 2.75) is 6.61 Å². The second kappa shape index (κ2) is 9.01. The predicted octanol–water partition coefficient (Wildman–Crippen LogP) is 4.88. The highest BCUT2D eigenvalue weighted by molar-refractivity contribution is 6.33. The zero-order valence-electron chi connectivity index (χ0n) is 16.1. The highest BCUT2D eigenvalue weighted by Crippen LogP contribution is 2.26. The molecule has 4 nitrogen and oxygen atoms in total. The molecule has 0 atom stereocenters. The smallest absolute Gasteiger partial charge is 0.253 e. The van der Waals surface area contributed by atoms with Crippen LogP contribution < -0.4 is 9.64 Å². The summed E-state index contributed by atoms with van der Waals surface area (Å²) in [5, 5.41) is 0.751. The summed E-state index contributed by atoms with van der Waals surface area (Å²) in [5.74, 6) is 0.906. The van der Waals surface area contributed by atoms with Gasteiger partial charge in [0.1, 0.15) is 12.4 Å². The predicted molar refractivity (Wildman–Crippen MR) is 117 cm³/mol. The van der Waals surface area contributed by atoms with Crippen LogP contribution in [0.15, 0.2) is 78.9 Å². The number of carbonyl (C=O) groups excluding carboxylic acids is 1. The van der Waals surface area contributed by atoms with Crippen molar-refractivity contribution in [1.82, 2.24) is 4.90 Å². The molecule has 0 bridgehead atoms. The lowest BCUT2D eigenvalue weighted by Gasteiger charge is -2.36. The summed E-state index contributed by atoms with van der Waals surface area (Å²) in [6, 6.07) is 25.2. The molecule has 1 heterocycles. The fourth-order valence-corrected chi connectivity index (χ4v) is 3.72. The molecule has 29 heavy (non-hydrogen) atoms. The molecule has 1 aliphatic rings. The van der Waals surface area contributed by atoms with Gasteiger partial charge in [0.25, 0.3) is 5.91 Å². The van der Waals surface area contributed by atoms with Crippen LogP contribution in [0.4, 0.5) is 5.69 Å². The molecule has 0 unspecified atom stereocenters. The number of piperazine rings is 1. The second-order valence-electron chi connectivity index (χ2n) is 7.03. The Morgan fingerprint density at radius 1 is 0.828 bits per heavy atom. The fraction of sp³-hybridized carbons (Fsp3) is 0.208. The Morgan fingerprint density at radius 3 is 2.17 bits per heavy atom. The van der Waals surface area contributed by atoms with Gasteiger partial charge in [-0.2, -0.15) is 0 Å². The van der Waals surface area contributed by atoms with Crippen molar-refractivity contribution in [2.24, 2.45) is 0 Å². The van der Waals surface area contributed by atoms with Crippen molar-refractivity contribution in [3.63, 3.8) is 0 Å². The van der Waals surface area contributed by atoms with Gasteiger partial charge in [0.05, 0.1) is 10.7 Å². The van der Waals surface area contributed by atoms with Crippen LogP contribution in [-0.2, 0) is 6.61 Å². The Kier molecular flexibility index (Phi) is 6.01. The molecule has 0 radical (unpaired) electrons. The Labute approximate surface area is 176 Å². The van der Waals surface area contributed by atoms with Crippen molar-refractivity contribution in [2.75, 3.05) is 31.1 Å². The molecule has 1 saturated heterocycles. The lowest BCUT2D eigenvalue weighted by molar-refractivity contribution is 0.0746. The van der Waals surface area contributed by atoms with Crippen molar-refractivity contribution in [1.29, 1.82) is 0 Å². The van der Waals surface area contributed by atoms with Gasteiger partial charge in [-0.15, -0.1) is 0 Å². The van der Waals surface area contributed by atoms with Crippen LogP contribution in [0.3, 0.4) is 0 Å². The number of ether oxygens (including phenoxy) is 1. The van der Waals surface area contributed by atoms with Crippen molar-refractivity contribution in [3.05, 3.63) is 95.0 Å². The van der Waals surface area contributed by atoms with Gasteiger partial charge in [-0.25, -0.2) is 0 Å². The number of rotatable bonds is 5. The number of para-hydroxylation sites is 2. The molecule has 0 saturated carbocycles. The monoisotopic (exact) mass is 406 g/mol. The summed E-state index contributed by atoms with van der Waals surface area (Å²) in [4.78, 5) is 17.0. The van der Waals surface area contributed by atoms with E-state index in [0.29, 0.717) is 25.3 Å². The van der Waals surface area contributed by atoms with Gasteiger partial charge >= 0.3 is 0 Å². The zero-order chi connectivity index (χ0) is 20.1. The first kappa shape index (κ1) is 19.3. The number of carbonyl (C=O) groups is 1. The van der Waals surface area contributed by atoms with Crippen LogP contribution >= 0.6 is 11.6 Å². The van der Waals surface area contributed by atoms with Gasteiger partial charge in [-0.3, -0.25) is 4.79 Å². The van der Waals surface area contributed by atoms with Crippen molar-refractivity contribution in [3.8, 4) is 5.75 Å². The van der Waals surface area contributed by atoms with Crippen LogP contribution in [0.2, 0.25) is 5.02 Å². The minimum atomic E-state index is 0.0688. The van der Waals surface area contributed by atoms with E-state index in [-0.39, 0.29) is 5.91 Å². The number of hydrogen-bond acceptors (Lipinski definition) is 3. The average Bonchev–Trinajstić information content (AvgIpc) is 2.79. The largest absolute Gasteiger partial charge is 0.489 e. The molecule has 0 aliphatic carbocycles. The molecule has 4 rings (SSSR count). The van der Waals surface area contributed by atoms with Crippen LogP contribution in [-0.4, -0.2) is 37.0 Å². The van der Waals surface area contributed by atoms with E-state index in [2.05, 4.69) is 4.90 Å². The summed E-state index contributed by atoms with van der Waals surface area (Å²) in [6.45, 7) is 3.40. The molecule has 0 spiro atoms. The highest BCUT2D eigenvalue weighted by atomic mass is 35.5. The maximum Gasteiger partial charge on any atom is 0.253 e. The summed E-state index contributed by atoms with van der Waals surface area (Å²) in [7, 11) is 0. The third-order valence-electron chi connectivity index (χ3n) is 5.11. The Morgan fingerprint density at radius 2 is 1.48 bits per heavy atom. The van der Waals surface area contributed by atoms with E-state index < -0.39 is 0 Å². The van der Waals surface area contributed by atoms with E-state index in [9.17, 15) is 4.79 Å². The molecule has 3 aromatic rings. The maximum atomic E-state index is 12.9. The number of nitrogens with zero attached hydrogens (tertiary/aromatic N) is 2. The van der Waals surface area contributed by atoms with Crippen molar-refractivity contribution >= 4 is 23.2 Å². The second-order valence-corrected chi connectivity index (χ2v) is 7.44. The van der Waals surface area contributed by atoms with Crippen LogP contribution in [0.5, 0.6) is 5.75 Å². The van der Waals surface area contributed by atoms with Crippen LogP contribution in [0, 0.1) is 0 Å². The van der Waals surface area contributed by atoms with E-state index in [4.69, 9.17) is 16.3 Å². The summed E-state index contributed by atoms with van der Waals surface area (Å²) in [6.07, 6.45) is 0. The molecular weight excluding hydrogens is 384 g/mol. The van der Waals surface area contributed by atoms with Gasteiger partial charge < -0.3 is 14.5 Å². The Hall–Kier alpha value is -2.98. The molecule has 148 valence electrons. The Bertz CT molecular complexity index is 952. The van der Waals surface area contributed by atoms with Gasteiger partial charge in [0.2, 0.25) is 0 Å². The van der Waals surface area contributed by atoms with E-state index in [0.717, 1.165) is 35.1 Å². The van der Waals surface area contributed by atoms with Gasteiger partial charge in [0.15, 0.2) is 0 Å². The molecule has 3 aromatic carbocycles. The first-order valence-corrected chi connectivity index (χ1v) is 10.1. The third-order valence-corrected chi connectivity index (χ3v) is 5.43. The summed E-state index contributed by atoms with van der Waals surface area (Å²) >= 11 is 6.30. The van der Waals surface area contributed by atoms with Crippen LogP contribution in [0.25, 0.3) is 0 Å². The minimum absolute atomic E-state index is 0.0688. The SMILES string of the molecule is O=C(c1ccc(COc2ccccc2)cc1)N1CCN(c2ccccc2Cl)CC1. The summed E-state index contributed by atoms with van der Waals surface area (Å²) in [5.41, 5.74) is 2.78. The highest BCUT2D eigenvalue weighted by Gasteiger charge is 2.23. The van der Waals surface area contributed by atoms with Gasteiger partial charge in [-0.05, 0) is 42.0 Å². The third kappa shape index (κ3) is 4.72. The molecule has 0 N–H and O–H groups in total. The number of amides is 1. The van der Waals surface area contributed by atoms with E-state index in [1.807, 2.05) is 83.8 Å². The lowest BCUT2D eigenvalue weighted by atomic mass is 10.1.